The highest BCUT2D eigenvalue weighted by molar-refractivity contribution is 9.10. The molecule has 1 aliphatic carbocycles. The number of thiophene rings is 1. The number of aromatic nitrogens is 3. The molecular weight excluding hydrogens is 589 g/mol. The van der Waals surface area contributed by atoms with Crippen molar-refractivity contribution in [3.05, 3.63) is 50.9 Å². The third kappa shape index (κ3) is 4.72. The van der Waals surface area contributed by atoms with E-state index in [1.54, 1.807) is 0 Å². The first kappa shape index (κ1) is 25.3. The van der Waals surface area contributed by atoms with E-state index < -0.39 is 42.3 Å². The van der Waals surface area contributed by atoms with E-state index in [4.69, 9.17) is 10.2 Å². The number of carbonyl (C=O) groups is 2. The van der Waals surface area contributed by atoms with E-state index in [2.05, 4.69) is 31.3 Å². The average molecular weight is 604 g/mol. The fraction of sp³-hybridized carbons (Fsp3) is 0.273. The Morgan fingerprint density at radius 1 is 1.32 bits per heavy atom. The molecule has 37 heavy (non-hydrogen) atoms. The minimum Gasteiger partial charge on any atom is -0.464 e. The lowest BCUT2D eigenvalue weighted by atomic mass is 10.1. The molecule has 1 fully saturated rings. The second-order valence-electron chi connectivity index (χ2n) is 8.25. The minimum absolute atomic E-state index is 0.00633. The lowest BCUT2D eigenvalue weighted by Gasteiger charge is -2.11. The Kier molecular flexibility index (Phi) is 6.30. The molecule has 4 aromatic heterocycles. The lowest BCUT2D eigenvalue weighted by Crippen LogP contribution is -2.23. The normalized spacial score (nSPS) is 14.0. The molecule has 15 heteroatoms. The molecule has 4 aromatic rings. The van der Waals surface area contributed by atoms with Crippen LogP contribution < -0.4 is 11.1 Å². The van der Waals surface area contributed by atoms with Gasteiger partial charge >= 0.3 is 6.18 Å². The van der Waals surface area contributed by atoms with Gasteiger partial charge in [-0.2, -0.15) is 18.3 Å². The van der Waals surface area contributed by atoms with Crippen molar-refractivity contribution in [2.24, 2.45) is 5.73 Å². The number of furan rings is 1. The molecule has 0 saturated heterocycles. The third-order valence-electron chi connectivity index (χ3n) is 5.64. The summed E-state index contributed by atoms with van der Waals surface area (Å²) in [7, 11) is 0. The Morgan fingerprint density at radius 2 is 2.05 bits per heavy atom. The zero-order chi connectivity index (χ0) is 26.6. The number of rotatable bonds is 7. The van der Waals surface area contributed by atoms with Gasteiger partial charge in [0.2, 0.25) is 5.91 Å². The van der Waals surface area contributed by atoms with Crippen LogP contribution in [0, 0.1) is 0 Å². The van der Waals surface area contributed by atoms with Crippen molar-refractivity contribution in [3.8, 4) is 11.3 Å². The number of halogens is 6. The summed E-state index contributed by atoms with van der Waals surface area (Å²) in [5, 5.41) is 6.25. The highest BCUT2D eigenvalue weighted by Gasteiger charge is 2.42. The maximum absolute atomic E-state index is 13.5. The van der Waals surface area contributed by atoms with Crippen LogP contribution in [-0.2, 0) is 17.5 Å². The first-order valence-corrected chi connectivity index (χ1v) is 12.3. The molecule has 1 aliphatic rings. The van der Waals surface area contributed by atoms with E-state index in [1.807, 2.05) is 0 Å². The molecule has 0 aromatic carbocycles. The average Bonchev–Trinajstić information content (AvgIpc) is 3.22. The van der Waals surface area contributed by atoms with Crippen molar-refractivity contribution in [2.75, 3.05) is 5.32 Å². The molecule has 4 heterocycles. The van der Waals surface area contributed by atoms with E-state index in [-0.39, 0.29) is 48.2 Å². The third-order valence-corrected chi connectivity index (χ3v) is 7.52. The van der Waals surface area contributed by atoms with Gasteiger partial charge in [0.1, 0.15) is 27.7 Å². The van der Waals surface area contributed by atoms with Crippen molar-refractivity contribution < 1.29 is 36.0 Å². The van der Waals surface area contributed by atoms with Crippen LogP contribution in [0.2, 0.25) is 0 Å². The van der Waals surface area contributed by atoms with E-state index in [0.29, 0.717) is 24.2 Å². The molecule has 0 unspecified atom stereocenters. The minimum atomic E-state index is -4.74. The van der Waals surface area contributed by atoms with Gasteiger partial charge in [-0.05, 0) is 47.0 Å². The second-order valence-corrected chi connectivity index (χ2v) is 10.0. The van der Waals surface area contributed by atoms with Crippen molar-refractivity contribution in [3.63, 3.8) is 0 Å². The maximum Gasteiger partial charge on any atom is 0.436 e. The monoisotopic (exact) mass is 603 g/mol. The number of alkyl halides is 5. The van der Waals surface area contributed by atoms with Crippen molar-refractivity contribution in [1.82, 2.24) is 14.8 Å². The predicted molar refractivity (Wildman–Crippen MR) is 126 cm³/mol. The Bertz CT molecular complexity index is 1530. The van der Waals surface area contributed by atoms with Crippen molar-refractivity contribution >= 4 is 55.0 Å². The molecule has 0 spiro atoms. The highest BCUT2D eigenvalue weighted by Crippen LogP contribution is 2.47. The second kappa shape index (κ2) is 9.20. The van der Waals surface area contributed by atoms with E-state index in [9.17, 15) is 31.5 Å². The Labute approximate surface area is 216 Å². The number of hydrogen-bond acceptors (Lipinski definition) is 6. The largest absolute Gasteiger partial charge is 0.464 e. The van der Waals surface area contributed by atoms with Crippen molar-refractivity contribution in [2.45, 2.75) is 37.9 Å². The molecule has 0 bridgehead atoms. The van der Waals surface area contributed by atoms with E-state index in [0.717, 1.165) is 10.7 Å². The van der Waals surface area contributed by atoms with Gasteiger partial charge in [-0.1, -0.05) is 0 Å². The molecule has 0 atom stereocenters. The molecule has 5 rings (SSSR count). The summed E-state index contributed by atoms with van der Waals surface area (Å²) in [6.45, 7) is -0.602. The fourth-order valence-corrected chi connectivity index (χ4v) is 5.81. The van der Waals surface area contributed by atoms with E-state index in [1.165, 1.54) is 18.4 Å². The number of nitrogens with two attached hydrogens (primary N) is 1. The van der Waals surface area contributed by atoms with Crippen LogP contribution in [0.4, 0.5) is 27.6 Å². The quantitative estimate of drug-likeness (QED) is 0.248. The number of primary amides is 1. The number of amides is 2. The zero-order valence-electron chi connectivity index (χ0n) is 18.4. The topological polar surface area (TPSA) is 116 Å². The number of pyridine rings is 1. The number of fused-ring (bicyclic) bond motifs is 1. The SMILES string of the molecule is NC(=O)c1sc2nc(C(F)F)cc(-c3ccco3)c2c1NC(=O)Cn1nc(C(F)(F)F)c(Br)c1C1CC1. The number of carbonyl (C=O) groups excluding carboxylic acids is 2. The fourth-order valence-electron chi connectivity index (χ4n) is 3.96. The lowest BCUT2D eigenvalue weighted by molar-refractivity contribution is -0.142. The summed E-state index contributed by atoms with van der Waals surface area (Å²) in [6.07, 6.45) is -5.06. The Balaban J connectivity index is 1.58. The summed E-state index contributed by atoms with van der Waals surface area (Å²) >= 11 is 3.66. The molecule has 0 aliphatic heterocycles. The highest BCUT2D eigenvalue weighted by atomic mass is 79.9. The summed E-state index contributed by atoms with van der Waals surface area (Å²) in [4.78, 5) is 29.0. The first-order valence-electron chi connectivity index (χ1n) is 10.7. The number of anilines is 1. The van der Waals surface area contributed by atoms with Crippen LogP contribution in [0.15, 0.2) is 33.4 Å². The molecule has 3 N–H and O–H groups in total. The summed E-state index contributed by atoms with van der Waals surface area (Å²) in [5.74, 6) is -1.78. The van der Waals surface area contributed by atoms with Crippen LogP contribution in [0.3, 0.4) is 0 Å². The molecule has 2 amide bonds. The standard InChI is InChI=1S/C22H15BrF5N5O3S/c23-14-16(8-3-4-8)33(32-18(14)22(26,27)28)7-12(34)31-15-13-9(11-2-1-5-36-11)6-10(19(24)25)30-21(13)37-17(15)20(29)35/h1-2,5-6,8,19H,3-4,7H2,(H2,29,35)(H,31,34). The van der Waals surface area contributed by atoms with Gasteiger partial charge in [0.05, 0.1) is 22.1 Å². The number of hydrogen-bond donors (Lipinski definition) is 2. The summed E-state index contributed by atoms with van der Waals surface area (Å²) in [5.41, 5.74) is 4.03. The summed E-state index contributed by atoms with van der Waals surface area (Å²) in [6, 6.07) is 4.10. The maximum atomic E-state index is 13.5. The van der Waals surface area contributed by atoms with Crippen LogP contribution in [0.25, 0.3) is 21.5 Å². The number of nitrogens with zero attached hydrogens (tertiary/aromatic N) is 3. The van der Waals surface area contributed by atoms with Gasteiger partial charge in [-0.25, -0.2) is 13.8 Å². The smallest absolute Gasteiger partial charge is 0.436 e. The van der Waals surface area contributed by atoms with Gasteiger partial charge in [0.15, 0.2) is 5.69 Å². The van der Waals surface area contributed by atoms with Crippen molar-refractivity contribution in [1.29, 1.82) is 0 Å². The van der Waals surface area contributed by atoms with Crippen LogP contribution in [0.1, 0.15) is 51.9 Å². The molecule has 0 radical (unpaired) electrons. The van der Waals surface area contributed by atoms with Crippen LogP contribution in [-0.4, -0.2) is 26.6 Å². The first-order chi connectivity index (χ1) is 17.5. The van der Waals surface area contributed by atoms with Gasteiger partial charge in [-0.3, -0.25) is 14.3 Å². The number of nitrogens with one attached hydrogen (secondary N) is 1. The van der Waals surface area contributed by atoms with Crippen LogP contribution >= 0.6 is 27.3 Å². The predicted octanol–water partition coefficient (Wildman–Crippen LogP) is 6.09. The molecule has 8 nitrogen and oxygen atoms in total. The zero-order valence-corrected chi connectivity index (χ0v) is 20.8. The van der Waals surface area contributed by atoms with Gasteiger partial charge < -0.3 is 15.5 Å². The van der Waals surface area contributed by atoms with Gasteiger partial charge in [0, 0.05) is 16.9 Å². The molecule has 1 saturated carbocycles. The Hall–Kier alpha value is -3.33. The Morgan fingerprint density at radius 3 is 2.62 bits per heavy atom. The van der Waals surface area contributed by atoms with Crippen LogP contribution in [0.5, 0.6) is 0 Å². The van der Waals surface area contributed by atoms with Gasteiger partial charge in [0.25, 0.3) is 12.3 Å². The summed E-state index contributed by atoms with van der Waals surface area (Å²) < 4.78 is 73.4. The molecular formula is C22H15BrF5N5O3S. The van der Waals surface area contributed by atoms with E-state index >= 15 is 0 Å². The van der Waals surface area contributed by atoms with Gasteiger partial charge in [-0.15, -0.1) is 11.3 Å². The molecule has 194 valence electrons.